The Hall–Kier alpha value is -2.56. The van der Waals surface area contributed by atoms with Crippen molar-refractivity contribution >= 4 is 5.96 Å². The van der Waals surface area contributed by atoms with Crippen molar-refractivity contribution in [3.05, 3.63) is 59.3 Å². The Balaban J connectivity index is 1.88. The smallest absolute Gasteiger partial charge is 0.212 e. The van der Waals surface area contributed by atoms with E-state index in [-0.39, 0.29) is 0 Å². The van der Waals surface area contributed by atoms with E-state index in [2.05, 4.69) is 51.8 Å². The van der Waals surface area contributed by atoms with Crippen LogP contribution in [0.15, 0.2) is 47.6 Å². The molecular weight excluding hydrogens is 288 g/mol. The minimum atomic E-state index is 0.618. The zero-order chi connectivity index (χ0) is 16.5. The summed E-state index contributed by atoms with van der Waals surface area (Å²) in [7, 11) is 3.38. The largest absolute Gasteiger partial charge is 0.481 e. The minimum absolute atomic E-state index is 0.618. The lowest BCUT2D eigenvalue weighted by Gasteiger charge is -2.14. The van der Waals surface area contributed by atoms with Gasteiger partial charge in [-0.15, -0.1) is 0 Å². The van der Waals surface area contributed by atoms with Crippen LogP contribution in [-0.4, -0.2) is 25.1 Å². The first kappa shape index (κ1) is 16.8. The monoisotopic (exact) mass is 312 g/mol. The SMILES string of the molecule is CCc1ccccc1CNC(=NC)NCc1ccc(OC)nc1. The molecule has 0 bridgehead atoms. The van der Waals surface area contributed by atoms with Gasteiger partial charge in [0.05, 0.1) is 7.11 Å². The van der Waals surface area contributed by atoms with Gasteiger partial charge in [0.1, 0.15) is 0 Å². The molecule has 0 fully saturated rings. The number of aromatic nitrogens is 1. The molecular formula is C18H24N4O. The molecule has 5 nitrogen and oxygen atoms in total. The van der Waals surface area contributed by atoms with Gasteiger partial charge < -0.3 is 15.4 Å². The van der Waals surface area contributed by atoms with Crippen LogP contribution in [0, 0.1) is 0 Å². The van der Waals surface area contributed by atoms with Crippen LogP contribution in [-0.2, 0) is 19.5 Å². The number of nitrogens with one attached hydrogen (secondary N) is 2. The molecule has 2 N–H and O–H groups in total. The Morgan fingerprint density at radius 2 is 1.83 bits per heavy atom. The molecule has 1 heterocycles. The van der Waals surface area contributed by atoms with Crippen molar-refractivity contribution in [3.63, 3.8) is 0 Å². The summed E-state index contributed by atoms with van der Waals surface area (Å²) in [6.45, 7) is 3.58. The molecule has 0 aliphatic carbocycles. The Kier molecular flexibility index (Phi) is 6.41. The van der Waals surface area contributed by atoms with E-state index < -0.39 is 0 Å². The van der Waals surface area contributed by atoms with E-state index in [0.717, 1.165) is 24.5 Å². The first-order valence-electron chi connectivity index (χ1n) is 7.77. The second-order valence-electron chi connectivity index (χ2n) is 5.11. The molecule has 0 amide bonds. The molecule has 0 spiro atoms. The van der Waals surface area contributed by atoms with Crippen LogP contribution in [0.2, 0.25) is 0 Å². The van der Waals surface area contributed by atoms with Crippen molar-refractivity contribution in [2.24, 2.45) is 4.99 Å². The van der Waals surface area contributed by atoms with Crippen molar-refractivity contribution in [2.45, 2.75) is 26.4 Å². The lowest BCUT2D eigenvalue weighted by Crippen LogP contribution is -2.36. The van der Waals surface area contributed by atoms with E-state index in [4.69, 9.17) is 4.74 Å². The predicted octanol–water partition coefficient (Wildman–Crippen LogP) is 2.52. The number of benzene rings is 1. The number of aliphatic imine (C=N–C) groups is 1. The molecule has 2 rings (SSSR count). The average Bonchev–Trinajstić information content (AvgIpc) is 2.62. The van der Waals surface area contributed by atoms with E-state index >= 15 is 0 Å². The van der Waals surface area contributed by atoms with Crippen molar-refractivity contribution in [1.82, 2.24) is 15.6 Å². The van der Waals surface area contributed by atoms with Gasteiger partial charge in [-0.1, -0.05) is 37.3 Å². The zero-order valence-electron chi connectivity index (χ0n) is 14.0. The number of hydrogen-bond donors (Lipinski definition) is 2. The number of ether oxygens (including phenoxy) is 1. The van der Waals surface area contributed by atoms with Gasteiger partial charge in [-0.3, -0.25) is 4.99 Å². The summed E-state index contributed by atoms with van der Waals surface area (Å²) < 4.78 is 5.06. The highest BCUT2D eigenvalue weighted by molar-refractivity contribution is 5.79. The summed E-state index contributed by atoms with van der Waals surface area (Å²) in [4.78, 5) is 8.45. The number of pyridine rings is 1. The van der Waals surface area contributed by atoms with E-state index in [1.807, 2.05) is 12.1 Å². The molecule has 2 aromatic rings. The molecule has 23 heavy (non-hydrogen) atoms. The molecule has 0 radical (unpaired) electrons. The van der Waals surface area contributed by atoms with Crippen molar-refractivity contribution < 1.29 is 4.74 Å². The Morgan fingerprint density at radius 1 is 1.09 bits per heavy atom. The molecule has 0 atom stereocenters. The first-order chi connectivity index (χ1) is 11.3. The molecule has 0 saturated carbocycles. The van der Waals surface area contributed by atoms with Crippen LogP contribution >= 0.6 is 0 Å². The van der Waals surface area contributed by atoms with Gasteiger partial charge in [-0.25, -0.2) is 4.98 Å². The maximum absolute atomic E-state index is 5.06. The van der Waals surface area contributed by atoms with Gasteiger partial charge in [0.2, 0.25) is 5.88 Å². The molecule has 1 aromatic heterocycles. The number of nitrogens with zero attached hydrogens (tertiary/aromatic N) is 2. The third kappa shape index (κ3) is 4.98. The number of aryl methyl sites for hydroxylation is 1. The second-order valence-corrected chi connectivity index (χ2v) is 5.11. The Bertz CT molecular complexity index is 638. The molecule has 5 heteroatoms. The lowest BCUT2D eigenvalue weighted by atomic mass is 10.1. The van der Waals surface area contributed by atoms with E-state index in [1.165, 1.54) is 11.1 Å². The highest BCUT2D eigenvalue weighted by Gasteiger charge is 2.02. The van der Waals surface area contributed by atoms with Gasteiger partial charge in [-0.2, -0.15) is 0 Å². The van der Waals surface area contributed by atoms with Gasteiger partial charge in [0.15, 0.2) is 5.96 Å². The summed E-state index contributed by atoms with van der Waals surface area (Å²) in [6.07, 6.45) is 2.83. The van der Waals surface area contributed by atoms with E-state index in [0.29, 0.717) is 12.4 Å². The zero-order valence-corrected chi connectivity index (χ0v) is 14.0. The van der Waals surface area contributed by atoms with E-state index in [1.54, 1.807) is 20.4 Å². The Labute approximate surface area is 137 Å². The van der Waals surface area contributed by atoms with Crippen molar-refractivity contribution in [1.29, 1.82) is 0 Å². The predicted molar refractivity (Wildman–Crippen MR) is 93.6 cm³/mol. The third-order valence-corrected chi connectivity index (χ3v) is 3.64. The van der Waals surface area contributed by atoms with Crippen LogP contribution in [0.1, 0.15) is 23.6 Å². The number of guanidine groups is 1. The Morgan fingerprint density at radius 3 is 2.43 bits per heavy atom. The van der Waals surface area contributed by atoms with Gasteiger partial charge in [-0.05, 0) is 23.1 Å². The quantitative estimate of drug-likeness (QED) is 0.636. The fourth-order valence-corrected chi connectivity index (χ4v) is 2.30. The molecule has 1 aromatic carbocycles. The highest BCUT2D eigenvalue weighted by atomic mass is 16.5. The summed E-state index contributed by atoms with van der Waals surface area (Å²) in [5, 5.41) is 6.64. The topological polar surface area (TPSA) is 58.5 Å². The normalized spacial score (nSPS) is 11.2. The van der Waals surface area contributed by atoms with E-state index in [9.17, 15) is 0 Å². The molecule has 0 saturated heterocycles. The fraction of sp³-hybridized carbons (Fsp3) is 0.333. The minimum Gasteiger partial charge on any atom is -0.481 e. The van der Waals surface area contributed by atoms with Crippen LogP contribution < -0.4 is 15.4 Å². The molecule has 0 aliphatic heterocycles. The summed E-state index contributed by atoms with van der Waals surface area (Å²) in [5.41, 5.74) is 3.72. The van der Waals surface area contributed by atoms with Crippen molar-refractivity contribution in [3.8, 4) is 5.88 Å². The number of methoxy groups -OCH3 is 1. The van der Waals surface area contributed by atoms with Crippen molar-refractivity contribution in [2.75, 3.05) is 14.2 Å². The van der Waals surface area contributed by atoms with Gasteiger partial charge in [0, 0.05) is 32.4 Å². The number of hydrogen-bond acceptors (Lipinski definition) is 3. The summed E-state index contributed by atoms with van der Waals surface area (Å²) >= 11 is 0. The van der Waals surface area contributed by atoms with Crippen LogP contribution in [0.5, 0.6) is 5.88 Å². The molecule has 122 valence electrons. The van der Waals surface area contributed by atoms with Crippen LogP contribution in [0.3, 0.4) is 0 Å². The molecule has 0 unspecified atom stereocenters. The first-order valence-corrected chi connectivity index (χ1v) is 7.77. The lowest BCUT2D eigenvalue weighted by molar-refractivity contribution is 0.397. The van der Waals surface area contributed by atoms with Gasteiger partial charge in [0.25, 0.3) is 0 Å². The second kappa shape index (κ2) is 8.78. The third-order valence-electron chi connectivity index (χ3n) is 3.64. The summed E-state index contributed by atoms with van der Waals surface area (Å²) in [5.74, 6) is 1.39. The average molecular weight is 312 g/mol. The summed E-state index contributed by atoms with van der Waals surface area (Å²) in [6, 6.07) is 12.3. The fourth-order valence-electron chi connectivity index (χ4n) is 2.30. The molecule has 0 aliphatic rings. The maximum atomic E-state index is 5.06. The van der Waals surface area contributed by atoms with Crippen LogP contribution in [0.25, 0.3) is 0 Å². The highest BCUT2D eigenvalue weighted by Crippen LogP contribution is 2.09. The van der Waals surface area contributed by atoms with Crippen LogP contribution in [0.4, 0.5) is 0 Å². The standard InChI is InChI=1S/C18H24N4O/c1-4-15-7-5-6-8-16(15)13-22-18(19-2)21-12-14-9-10-17(23-3)20-11-14/h5-11H,4,12-13H2,1-3H3,(H2,19,21,22). The van der Waals surface area contributed by atoms with Gasteiger partial charge >= 0.3 is 0 Å². The number of rotatable bonds is 6. The maximum Gasteiger partial charge on any atom is 0.212 e.